The van der Waals surface area contributed by atoms with E-state index < -0.39 is 72.8 Å². The molecular formula is C36H50F4N2Si4Ti. The number of hydrogen-bond acceptors (Lipinski definition) is 2. The molecule has 2 aliphatic heterocycles. The first kappa shape index (κ1) is 35.4. The predicted molar refractivity (Wildman–Crippen MR) is 196 cm³/mol. The Morgan fingerprint density at radius 2 is 0.894 bits per heavy atom. The van der Waals surface area contributed by atoms with Crippen molar-refractivity contribution in [3.05, 3.63) is 103 Å². The molecule has 0 radical (unpaired) electrons. The van der Waals surface area contributed by atoms with E-state index in [1.165, 1.54) is 36.3 Å². The third-order valence-corrected chi connectivity index (χ3v) is 40.5. The molecule has 2 saturated heterocycles. The van der Waals surface area contributed by atoms with Crippen LogP contribution in [0.1, 0.15) is 24.0 Å². The van der Waals surface area contributed by atoms with Crippen molar-refractivity contribution >= 4 is 40.7 Å². The SMILES string of the molecule is C[Si]1(C)CC[Si](C)(C)N1Cc1ccc(F)[c]([Ti]([C]2=CC=CC2)([C]2=CC=CC2)[c]2c(F)ccc(CN3[Si](C)(C)CC[Si]3(C)C)c2F)c1F. The monoisotopic (exact) mass is 746 g/mol. The fraction of sp³-hybridized carbons (Fsp3) is 0.444. The van der Waals surface area contributed by atoms with Gasteiger partial charge in [-0.25, -0.2) is 0 Å². The third-order valence-electron chi connectivity index (χ3n) is 11.9. The summed E-state index contributed by atoms with van der Waals surface area (Å²) in [5.74, 6) is -2.57. The van der Waals surface area contributed by atoms with Crippen molar-refractivity contribution in [2.45, 2.75) is 102 Å². The molecule has 0 unspecified atom stereocenters. The third kappa shape index (κ3) is 5.96. The summed E-state index contributed by atoms with van der Waals surface area (Å²) in [6.45, 7) is 19.6. The van der Waals surface area contributed by atoms with Gasteiger partial charge in [0.25, 0.3) is 0 Å². The average Bonchev–Trinajstić information content (AvgIpc) is 3.78. The summed E-state index contributed by atoms with van der Waals surface area (Å²) < 4.78 is 75.1. The summed E-state index contributed by atoms with van der Waals surface area (Å²) in [6.07, 6.45) is 12.3. The van der Waals surface area contributed by atoms with E-state index in [4.69, 9.17) is 0 Å². The Morgan fingerprint density at radius 1 is 0.553 bits per heavy atom. The van der Waals surface area contributed by atoms with Gasteiger partial charge in [-0.05, 0) is 0 Å². The Kier molecular flexibility index (Phi) is 9.38. The number of hydrogen-bond donors (Lipinski definition) is 0. The zero-order chi connectivity index (χ0) is 34.2. The van der Waals surface area contributed by atoms with Crippen LogP contribution in [0.15, 0.2) is 68.5 Å². The van der Waals surface area contributed by atoms with Crippen molar-refractivity contribution in [2.24, 2.45) is 0 Å². The standard InChI is InChI=1S/2C13H20F2NSi2.2C5H5.Ti/c2*1-17(2)7-8-18(3,4)16(17)10-11-5-6-12(14)9-13(11)15;2*1-2-4-5-3-1;/h2*5-6H,7-8,10H2,1-4H3;2*1-3H,4H2;. The van der Waals surface area contributed by atoms with Crippen LogP contribution < -0.4 is 7.74 Å². The Balaban J connectivity index is 1.60. The van der Waals surface area contributed by atoms with Gasteiger partial charge in [-0.1, -0.05) is 0 Å². The molecule has 6 rings (SSSR count). The molecule has 4 aliphatic rings. The predicted octanol–water partition coefficient (Wildman–Crippen LogP) is 9.49. The van der Waals surface area contributed by atoms with Crippen LogP contribution in [-0.4, -0.2) is 41.4 Å². The van der Waals surface area contributed by atoms with Crippen molar-refractivity contribution < 1.29 is 34.2 Å². The van der Waals surface area contributed by atoms with Crippen LogP contribution in [0.3, 0.4) is 0 Å². The molecule has 2 heterocycles. The molecule has 47 heavy (non-hydrogen) atoms. The van der Waals surface area contributed by atoms with Gasteiger partial charge in [0.2, 0.25) is 0 Å². The minimum atomic E-state index is -4.87. The minimum absolute atomic E-state index is 0.0638. The number of nitrogens with zero attached hydrogens (tertiary/aromatic N) is 2. The first-order chi connectivity index (χ1) is 21.9. The number of allylic oxidation sites excluding steroid dienone is 8. The molecule has 2 aliphatic carbocycles. The number of benzene rings is 2. The molecule has 2 fully saturated rings. The topological polar surface area (TPSA) is 6.48 Å². The Hall–Kier alpha value is -1.38. The maximum atomic E-state index is 17.5. The Morgan fingerprint density at radius 3 is 1.19 bits per heavy atom. The van der Waals surface area contributed by atoms with Crippen LogP contribution in [0.5, 0.6) is 0 Å². The van der Waals surface area contributed by atoms with Gasteiger partial charge in [0.15, 0.2) is 0 Å². The normalized spacial score (nSPS) is 23.1. The molecule has 2 aromatic carbocycles. The number of halogens is 4. The molecule has 0 N–H and O–H groups in total. The van der Waals surface area contributed by atoms with Crippen molar-refractivity contribution in [1.29, 1.82) is 0 Å². The zero-order valence-electron chi connectivity index (χ0n) is 29.3. The molecular weight excluding hydrogens is 697 g/mol. The fourth-order valence-electron chi connectivity index (χ4n) is 9.15. The van der Waals surface area contributed by atoms with Gasteiger partial charge in [-0.15, -0.1) is 0 Å². The summed E-state index contributed by atoms with van der Waals surface area (Å²) in [6, 6.07) is 10.6. The van der Waals surface area contributed by atoms with E-state index in [9.17, 15) is 0 Å². The molecule has 0 atom stereocenters. The van der Waals surface area contributed by atoms with Crippen LogP contribution in [0, 0.1) is 23.3 Å². The van der Waals surface area contributed by atoms with E-state index in [1.54, 1.807) is 12.1 Å². The second kappa shape index (κ2) is 12.4. The van der Waals surface area contributed by atoms with Crippen LogP contribution in [0.2, 0.25) is 76.6 Å². The second-order valence-corrected chi connectivity index (χ2v) is 42.1. The van der Waals surface area contributed by atoms with Gasteiger partial charge in [0, 0.05) is 0 Å². The fourth-order valence-corrected chi connectivity index (χ4v) is 45.2. The van der Waals surface area contributed by atoms with E-state index >= 15 is 17.6 Å². The van der Waals surface area contributed by atoms with Crippen LogP contribution >= 0.6 is 0 Å². The second-order valence-electron chi connectivity index (χ2n) is 16.6. The molecule has 11 heteroatoms. The first-order valence-corrected chi connectivity index (χ1v) is 32.9. The summed E-state index contributed by atoms with van der Waals surface area (Å²) in [5.41, 5.74) is 0.902. The van der Waals surface area contributed by atoms with E-state index in [1.807, 2.05) is 36.5 Å². The van der Waals surface area contributed by atoms with Gasteiger partial charge >= 0.3 is 289 Å². The summed E-state index contributed by atoms with van der Waals surface area (Å²) in [5, 5.41) is 0. The molecule has 0 spiro atoms. The summed E-state index contributed by atoms with van der Waals surface area (Å²) in [4.78, 5) is 0. The van der Waals surface area contributed by atoms with E-state index in [-0.39, 0.29) is 7.74 Å². The van der Waals surface area contributed by atoms with Gasteiger partial charge in [0.1, 0.15) is 0 Å². The van der Waals surface area contributed by atoms with Crippen LogP contribution in [0.4, 0.5) is 17.6 Å². The van der Waals surface area contributed by atoms with E-state index in [0.29, 0.717) is 37.1 Å². The molecule has 0 saturated carbocycles. The Labute approximate surface area is 287 Å². The van der Waals surface area contributed by atoms with Crippen molar-refractivity contribution in [1.82, 2.24) is 8.46 Å². The van der Waals surface area contributed by atoms with Crippen molar-refractivity contribution in [3.63, 3.8) is 0 Å². The van der Waals surface area contributed by atoms with E-state index in [0.717, 1.165) is 7.76 Å². The maximum absolute atomic E-state index is 17.5. The van der Waals surface area contributed by atoms with Crippen molar-refractivity contribution in [3.8, 4) is 0 Å². The first-order valence-electron chi connectivity index (χ1n) is 17.2. The van der Waals surface area contributed by atoms with Gasteiger partial charge in [-0.2, -0.15) is 0 Å². The molecule has 0 amide bonds. The van der Waals surface area contributed by atoms with Crippen molar-refractivity contribution in [2.75, 3.05) is 0 Å². The van der Waals surface area contributed by atoms with Gasteiger partial charge in [-0.3, -0.25) is 0 Å². The van der Waals surface area contributed by atoms with Crippen LogP contribution in [0.25, 0.3) is 0 Å². The average molecular weight is 747 g/mol. The number of rotatable bonds is 8. The molecule has 252 valence electrons. The van der Waals surface area contributed by atoms with Gasteiger partial charge < -0.3 is 0 Å². The summed E-state index contributed by atoms with van der Waals surface area (Å²) >= 11 is -4.87. The molecule has 2 aromatic rings. The molecule has 2 nitrogen and oxygen atoms in total. The Bertz CT molecular complexity index is 1570. The van der Waals surface area contributed by atoms with E-state index in [2.05, 4.69) is 60.8 Å². The van der Waals surface area contributed by atoms with Gasteiger partial charge in [0.05, 0.1) is 0 Å². The zero-order valence-corrected chi connectivity index (χ0v) is 34.9. The molecule has 0 aromatic heterocycles. The molecule has 0 bridgehead atoms. The van der Waals surface area contributed by atoms with Crippen LogP contribution in [-0.2, 0) is 29.7 Å². The summed E-state index contributed by atoms with van der Waals surface area (Å²) in [7, 11) is -7.12. The quantitative estimate of drug-likeness (QED) is 0.196.